The molecule has 0 bridgehead atoms. The Morgan fingerprint density at radius 2 is 1.16 bits per heavy atom. The quantitative estimate of drug-likeness (QED) is 0.199. The van der Waals surface area contributed by atoms with Gasteiger partial charge < -0.3 is 18.9 Å². The van der Waals surface area contributed by atoms with Gasteiger partial charge in [0.2, 0.25) is 0 Å². The van der Waals surface area contributed by atoms with E-state index in [1.165, 1.54) is 75.0 Å². The molecule has 0 aromatic heterocycles. The summed E-state index contributed by atoms with van der Waals surface area (Å²) in [4.78, 5) is 0. The van der Waals surface area contributed by atoms with E-state index >= 15 is 0 Å². The van der Waals surface area contributed by atoms with Crippen LogP contribution in [-0.4, -0.2) is 25.1 Å². The molecule has 2 aromatic carbocycles. The Morgan fingerprint density at radius 3 is 1.60 bits per heavy atom. The molecule has 0 spiro atoms. The van der Waals surface area contributed by atoms with E-state index in [9.17, 15) is 0 Å². The fraction of sp³-hybridized carbons (Fsp3) is 0.621. The van der Waals surface area contributed by atoms with Gasteiger partial charge in [-0.3, -0.25) is 0 Å². The minimum absolute atomic E-state index is 0. The van der Waals surface area contributed by atoms with E-state index in [0.717, 1.165) is 12.4 Å². The Morgan fingerprint density at radius 1 is 0.651 bits per heavy atom. The van der Waals surface area contributed by atoms with Gasteiger partial charge in [0.1, 0.15) is 5.75 Å². The van der Waals surface area contributed by atoms with Crippen molar-refractivity contribution in [2.75, 3.05) is 6.79 Å². The maximum Gasteiger partial charge on any atom is 2.00 e. The predicted molar refractivity (Wildman–Crippen MR) is 269 cm³/mol. The summed E-state index contributed by atoms with van der Waals surface area (Å²) >= 11 is 0. The van der Waals surface area contributed by atoms with Crippen LogP contribution in [0.25, 0.3) is 11.1 Å². The first-order valence-electron chi connectivity index (χ1n) is 24.0. The van der Waals surface area contributed by atoms with Crippen LogP contribution >= 0.6 is 0 Å². The van der Waals surface area contributed by atoms with Crippen LogP contribution in [0.4, 0.5) is 0 Å². The van der Waals surface area contributed by atoms with Crippen LogP contribution in [0.1, 0.15) is 168 Å². The third-order valence-corrected chi connectivity index (χ3v) is 12.3. The molecule has 0 fully saturated rings. The van der Waals surface area contributed by atoms with Gasteiger partial charge >= 0.3 is 21.1 Å². The van der Waals surface area contributed by atoms with Gasteiger partial charge in [-0.25, -0.2) is 7.11 Å². The van der Waals surface area contributed by atoms with Crippen molar-refractivity contribution in [3.05, 3.63) is 113 Å². The summed E-state index contributed by atoms with van der Waals surface area (Å²) in [6.07, 6.45) is 8.96. The topological polar surface area (TPSA) is 36.9 Å². The van der Waals surface area contributed by atoms with E-state index in [0.29, 0.717) is 60.1 Å². The predicted octanol–water partition coefficient (Wildman–Crippen LogP) is 16.8. The largest absolute Gasteiger partial charge is 2.00 e. The Balaban J connectivity index is 0.000000465. The van der Waals surface area contributed by atoms with Gasteiger partial charge in [0.15, 0.2) is 6.79 Å². The minimum atomic E-state index is 0. The first-order chi connectivity index (χ1) is 28.8. The second-order valence-electron chi connectivity index (χ2n) is 20.4. The monoisotopic (exact) mass is 1040 g/mol. The average Bonchev–Trinajstić information content (AvgIpc) is 3.36. The van der Waals surface area contributed by atoms with Gasteiger partial charge in [-0.2, -0.15) is 18.1 Å². The van der Waals surface area contributed by atoms with Crippen molar-refractivity contribution in [2.45, 2.75) is 176 Å². The van der Waals surface area contributed by atoms with Crippen LogP contribution in [0.15, 0.2) is 82.5 Å². The van der Waals surface area contributed by atoms with Crippen molar-refractivity contribution in [2.24, 2.45) is 53.3 Å². The van der Waals surface area contributed by atoms with Crippen molar-refractivity contribution in [1.29, 1.82) is 0 Å². The summed E-state index contributed by atoms with van der Waals surface area (Å²) in [5, 5.41) is 0. The first kappa shape index (κ1) is 58.7. The molecule has 5 rings (SSSR count). The van der Waals surface area contributed by atoms with E-state index in [2.05, 4.69) is 181 Å². The van der Waals surface area contributed by atoms with Crippen LogP contribution in [0.5, 0.6) is 5.75 Å². The Labute approximate surface area is 403 Å². The van der Waals surface area contributed by atoms with Gasteiger partial charge in [-0.1, -0.05) is 205 Å². The summed E-state index contributed by atoms with van der Waals surface area (Å²) in [6, 6.07) is 17.1. The zero-order chi connectivity index (χ0) is 45.7. The number of allylic oxidation sites excluding steroid dienone is 5. The minimum Gasteiger partial charge on any atom is -0.550 e. The zero-order valence-electron chi connectivity index (χ0n) is 42.5. The van der Waals surface area contributed by atoms with Gasteiger partial charge in [0.25, 0.3) is 0 Å². The molecule has 0 unspecified atom stereocenters. The fourth-order valence-corrected chi connectivity index (χ4v) is 9.75. The molecule has 2 aromatic rings. The van der Waals surface area contributed by atoms with Crippen LogP contribution in [-0.2, 0) is 41.9 Å². The van der Waals surface area contributed by atoms with Crippen molar-refractivity contribution in [3.63, 3.8) is 0 Å². The molecule has 3 atom stereocenters. The van der Waals surface area contributed by atoms with Crippen LogP contribution in [0.2, 0.25) is 0 Å². The number of benzene rings is 2. The summed E-state index contributed by atoms with van der Waals surface area (Å²) < 4.78 is 23.8. The standard InChI is InChI=1S/C19H28O2.C19H28O.C19H32O.CH4.W/c1-12(2)17-15-9-7-8-10-16(15)20-11-21-19(14(5)6)18(17)13(3)4;1-12(2)17-16-10-8-7-9-15(16)11-20-19(14(5)6)18(17)13(3)4;1-13(2)17(16-11-9-8-10-12-16)18(14(3)4)19(20-7)15(5)6;;/h7-10,12-14,19H,11H2,1-6H3;7-10,12-14,19H,11H2,1-6H3;11-15,19H,7-10H2,1-6H3;1H4;/q;;-2;;+2/b18-17-;;;;/t3*19-;;/m111../s1. The molecule has 2 aliphatic heterocycles. The van der Waals surface area contributed by atoms with E-state index in [-0.39, 0.29) is 46.8 Å². The van der Waals surface area contributed by atoms with Gasteiger partial charge in [-0.05, 0) is 86.8 Å². The van der Waals surface area contributed by atoms with Crippen LogP contribution in [0.3, 0.4) is 0 Å². The molecule has 2 heterocycles. The Bertz CT molecular complexity index is 1780. The van der Waals surface area contributed by atoms with Crippen molar-refractivity contribution < 1.29 is 40.0 Å². The molecule has 354 valence electrons. The average molecular weight is 1040 g/mol. The van der Waals surface area contributed by atoms with E-state index < -0.39 is 0 Å². The van der Waals surface area contributed by atoms with Crippen molar-refractivity contribution in [3.8, 4) is 5.75 Å². The number of rotatable bonds is 12. The molecule has 0 saturated carbocycles. The fourth-order valence-electron chi connectivity index (χ4n) is 9.75. The Hall–Kier alpha value is -2.36. The maximum atomic E-state index is 6.29. The van der Waals surface area contributed by atoms with Crippen LogP contribution in [0, 0.1) is 66.8 Å². The molecular formula is C58H92O4W. The van der Waals surface area contributed by atoms with Crippen molar-refractivity contribution >= 4 is 11.1 Å². The van der Waals surface area contributed by atoms with E-state index in [4.69, 9.17) is 18.9 Å². The Kier molecular flexibility index (Phi) is 26.0. The third kappa shape index (κ3) is 15.6. The number of fused-ring (bicyclic) bond motifs is 2. The number of hydrogen-bond acceptors (Lipinski definition) is 4. The molecule has 1 aliphatic carbocycles. The molecule has 0 amide bonds. The molecule has 0 radical (unpaired) electrons. The molecule has 3 aliphatic rings. The van der Waals surface area contributed by atoms with Gasteiger partial charge in [0, 0.05) is 11.7 Å². The summed E-state index contributed by atoms with van der Waals surface area (Å²) in [7, 11) is 3.73. The van der Waals surface area contributed by atoms with E-state index in [1.54, 1.807) is 0 Å². The molecule has 5 heteroatoms. The summed E-state index contributed by atoms with van der Waals surface area (Å²) in [6.45, 7) is 41.8. The zero-order valence-corrected chi connectivity index (χ0v) is 45.4. The number of para-hydroxylation sites is 1. The summed E-state index contributed by atoms with van der Waals surface area (Å²) in [5.41, 5.74) is 14.1. The van der Waals surface area contributed by atoms with E-state index in [1.807, 2.05) is 12.1 Å². The normalized spacial score (nSPS) is 20.0. The SMILES string of the molecule is C.CC(C)/C1=C(\C(C)C)[C@@H](C(C)C)OCOc2ccccc21.CC(C)C1=C(C(C)C)[C@@H](C(C)C)OCc2ccccc21.[CH2-]O[C@@H](C(=C(C1=CCCC[CH-]1)C(C)C)C(C)C)C(C)C.[W+2]. The summed E-state index contributed by atoms with van der Waals surface area (Å²) in [5.74, 6) is 5.27. The second kappa shape index (κ2) is 28.0. The number of ether oxygens (including phenoxy) is 4. The molecule has 4 nitrogen and oxygen atoms in total. The second-order valence-corrected chi connectivity index (χ2v) is 20.4. The maximum absolute atomic E-state index is 6.29. The first-order valence-corrected chi connectivity index (χ1v) is 24.0. The molecule has 63 heavy (non-hydrogen) atoms. The third-order valence-electron chi connectivity index (χ3n) is 12.3. The number of hydrogen-bond donors (Lipinski definition) is 0. The van der Waals surface area contributed by atoms with Gasteiger partial charge in [0.05, 0.1) is 18.8 Å². The van der Waals surface area contributed by atoms with Gasteiger partial charge in [-0.15, -0.1) is 5.57 Å². The molecule has 0 saturated heterocycles. The van der Waals surface area contributed by atoms with Crippen molar-refractivity contribution in [1.82, 2.24) is 0 Å². The molecular weight excluding hydrogens is 944 g/mol. The molecule has 0 N–H and O–H groups in total. The van der Waals surface area contributed by atoms with Crippen LogP contribution < -0.4 is 4.74 Å². The smallest absolute Gasteiger partial charge is 0.550 e.